The van der Waals surface area contributed by atoms with Crippen molar-refractivity contribution in [3.63, 3.8) is 0 Å². The lowest BCUT2D eigenvalue weighted by Gasteiger charge is -2.34. The summed E-state index contributed by atoms with van der Waals surface area (Å²) in [7, 11) is 0. The summed E-state index contributed by atoms with van der Waals surface area (Å²) in [6.07, 6.45) is 3.75. The van der Waals surface area contributed by atoms with Crippen LogP contribution < -0.4 is 0 Å². The molecule has 112 valence electrons. The highest BCUT2D eigenvalue weighted by Crippen LogP contribution is 2.13. The average Bonchev–Trinajstić information content (AvgIpc) is 2.58. The first-order valence-corrected chi connectivity index (χ1v) is 7.67. The van der Waals surface area contributed by atoms with Crippen molar-refractivity contribution in [3.8, 4) is 6.07 Å². The summed E-state index contributed by atoms with van der Waals surface area (Å²) < 4.78 is 0. The molecule has 0 aliphatic carbocycles. The molecule has 3 rings (SSSR count). The van der Waals surface area contributed by atoms with E-state index in [1.807, 2.05) is 36.7 Å². The number of aromatic nitrogens is 1. The molecule has 4 nitrogen and oxygen atoms in total. The van der Waals surface area contributed by atoms with Crippen molar-refractivity contribution in [2.24, 2.45) is 0 Å². The molecule has 1 saturated heterocycles. The number of hydrogen-bond acceptors (Lipinski definition) is 4. The van der Waals surface area contributed by atoms with E-state index >= 15 is 0 Å². The zero-order valence-electron chi connectivity index (χ0n) is 12.7. The molecule has 1 aromatic carbocycles. The topological polar surface area (TPSA) is 43.2 Å². The molecule has 0 N–H and O–H groups in total. The summed E-state index contributed by atoms with van der Waals surface area (Å²) in [5, 5.41) is 9.17. The predicted molar refractivity (Wildman–Crippen MR) is 85.9 cm³/mol. The molecule has 2 aromatic rings. The van der Waals surface area contributed by atoms with Crippen LogP contribution in [0.15, 0.2) is 48.8 Å². The van der Waals surface area contributed by atoms with Gasteiger partial charge in [-0.25, -0.2) is 0 Å². The van der Waals surface area contributed by atoms with E-state index in [-0.39, 0.29) is 0 Å². The Hall–Kier alpha value is -2.22. The predicted octanol–water partition coefficient (Wildman–Crippen LogP) is 2.27. The van der Waals surface area contributed by atoms with Crippen LogP contribution in [0.2, 0.25) is 0 Å². The first kappa shape index (κ1) is 14.7. The maximum atomic E-state index is 9.17. The van der Waals surface area contributed by atoms with E-state index in [2.05, 4.69) is 33.0 Å². The Morgan fingerprint density at radius 2 is 1.68 bits per heavy atom. The minimum atomic E-state index is 0.792. The molecule has 1 aliphatic heterocycles. The third-order valence-corrected chi connectivity index (χ3v) is 4.13. The van der Waals surface area contributed by atoms with Crippen LogP contribution in [0.1, 0.15) is 16.7 Å². The summed E-state index contributed by atoms with van der Waals surface area (Å²) >= 11 is 0. The van der Waals surface area contributed by atoms with E-state index in [9.17, 15) is 5.26 Å². The van der Waals surface area contributed by atoms with Gasteiger partial charge in [0, 0.05) is 51.7 Å². The SMILES string of the molecule is N#Cc1ccccc1CN1CCN(Cc2cccnc2)CC1. The Bertz CT molecular complexity index is 640. The fourth-order valence-corrected chi connectivity index (χ4v) is 2.86. The van der Waals surface area contributed by atoms with Crippen LogP contribution in [0, 0.1) is 11.3 Å². The van der Waals surface area contributed by atoms with E-state index in [4.69, 9.17) is 0 Å². The number of nitriles is 1. The zero-order valence-corrected chi connectivity index (χ0v) is 12.7. The lowest BCUT2D eigenvalue weighted by atomic mass is 10.1. The molecular formula is C18H20N4. The molecule has 4 heteroatoms. The van der Waals surface area contributed by atoms with Crippen molar-refractivity contribution < 1.29 is 0 Å². The Kier molecular flexibility index (Phi) is 4.79. The van der Waals surface area contributed by atoms with Crippen LogP contribution in [0.5, 0.6) is 0 Å². The van der Waals surface area contributed by atoms with Gasteiger partial charge >= 0.3 is 0 Å². The van der Waals surface area contributed by atoms with Crippen molar-refractivity contribution in [2.45, 2.75) is 13.1 Å². The van der Waals surface area contributed by atoms with Gasteiger partial charge in [0.05, 0.1) is 11.6 Å². The van der Waals surface area contributed by atoms with Gasteiger partial charge < -0.3 is 0 Å². The van der Waals surface area contributed by atoms with Crippen molar-refractivity contribution in [3.05, 3.63) is 65.5 Å². The largest absolute Gasteiger partial charge is 0.296 e. The summed E-state index contributed by atoms with van der Waals surface area (Å²) in [5.41, 5.74) is 3.19. The monoisotopic (exact) mass is 292 g/mol. The van der Waals surface area contributed by atoms with Crippen LogP contribution in [-0.2, 0) is 13.1 Å². The summed E-state index contributed by atoms with van der Waals surface area (Å²) in [4.78, 5) is 9.06. The normalized spacial score (nSPS) is 16.3. The minimum Gasteiger partial charge on any atom is -0.296 e. The standard InChI is InChI=1S/C18H20N4/c19-12-17-5-1-2-6-18(17)15-22-10-8-21(9-11-22)14-16-4-3-7-20-13-16/h1-7,13H,8-11,14-15H2. The van der Waals surface area contributed by atoms with Gasteiger partial charge in [0.2, 0.25) is 0 Å². The van der Waals surface area contributed by atoms with Gasteiger partial charge in [-0.2, -0.15) is 5.26 Å². The maximum absolute atomic E-state index is 9.17. The van der Waals surface area contributed by atoms with Gasteiger partial charge in [-0.05, 0) is 23.3 Å². The van der Waals surface area contributed by atoms with Gasteiger partial charge in [-0.15, -0.1) is 0 Å². The van der Waals surface area contributed by atoms with E-state index < -0.39 is 0 Å². The van der Waals surface area contributed by atoms with Gasteiger partial charge in [-0.1, -0.05) is 24.3 Å². The maximum Gasteiger partial charge on any atom is 0.0995 e. The van der Waals surface area contributed by atoms with Crippen molar-refractivity contribution in [1.82, 2.24) is 14.8 Å². The molecule has 22 heavy (non-hydrogen) atoms. The van der Waals surface area contributed by atoms with Gasteiger partial charge in [0.1, 0.15) is 0 Å². The fourth-order valence-electron chi connectivity index (χ4n) is 2.86. The molecule has 1 aromatic heterocycles. The lowest BCUT2D eigenvalue weighted by molar-refractivity contribution is 0.122. The molecule has 0 spiro atoms. The Morgan fingerprint density at radius 3 is 2.36 bits per heavy atom. The number of pyridine rings is 1. The third-order valence-electron chi connectivity index (χ3n) is 4.13. The quantitative estimate of drug-likeness (QED) is 0.867. The van der Waals surface area contributed by atoms with Gasteiger partial charge in [0.15, 0.2) is 0 Å². The minimum absolute atomic E-state index is 0.792. The van der Waals surface area contributed by atoms with E-state index in [0.717, 1.165) is 50.4 Å². The van der Waals surface area contributed by atoms with E-state index in [1.54, 1.807) is 0 Å². The number of piperazine rings is 1. The number of hydrogen-bond donors (Lipinski definition) is 0. The van der Waals surface area contributed by atoms with Crippen LogP contribution in [-0.4, -0.2) is 41.0 Å². The summed E-state index contributed by atoms with van der Waals surface area (Å²) in [5.74, 6) is 0. The molecule has 0 saturated carbocycles. The van der Waals surface area contributed by atoms with Crippen LogP contribution >= 0.6 is 0 Å². The second-order valence-electron chi connectivity index (χ2n) is 5.68. The molecule has 1 fully saturated rings. The number of benzene rings is 1. The molecule has 0 radical (unpaired) electrons. The average molecular weight is 292 g/mol. The van der Waals surface area contributed by atoms with E-state index in [0.29, 0.717) is 0 Å². The lowest BCUT2D eigenvalue weighted by Crippen LogP contribution is -2.45. The molecule has 0 bridgehead atoms. The Labute approximate surface area is 131 Å². The second kappa shape index (κ2) is 7.17. The molecule has 2 heterocycles. The first-order chi connectivity index (χ1) is 10.8. The highest BCUT2D eigenvalue weighted by Gasteiger charge is 2.17. The van der Waals surface area contributed by atoms with Gasteiger partial charge in [-0.3, -0.25) is 14.8 Å². The number of rotatable bonds is 4. The number of nitrogens with zero attached hydrogens (tertiary/aromatic N) is 4. The van der Waals surface area contributed by atoms with Crippen LogP contribution in [0.25, 0.3) is 0 Å². The molecule has 0 amide bonds. The molecule has 0 atom stereocenters. The highest BCUT2D eigenvalue weighted by molar-refractivity contribution is 5.37. The fraction of sp³-hybridized carbons (Fsp3) is 0.333. The van der Waals surface area contributed by atoms with Crippen LogP contribution in [0.4, 0.5) is 0 Å². The van der Waals surface area contributed by atoms with E-state index in [1.165, 1.54) is 5.56 Å². The third kappa shape index (κ3) is 3.70. The summed E-state index contributed by atoms with van der Waals surface area (Å²) in [6, 6.07) is 14.3. The second-order valence-corrected chi connectivity index (χ2v) is 5.68. The molecular weight excluding hydrogens is 272 g/mol. The smallest absolute Gasteiger partial charge is 0.0995 e. The zero-order chi connectivity index (χ0) is 15.2. The highest BCUT2D eigenvalue weighted by atomic mass is 15.3. The first-order valence-electron chi connectivity index (χ1n) is 7.67. The Morgan fingerprint density at radius 1 is 0.955 bits per heavy atom. The van der Waals surface area contributed by atoms with Crippen molar-refractivity contribution in [2.75, 3.05) is 26.2 Å². The summed E-state index contributed by atoms with van der Waals surface area (Å²) in [6.45, 7) is 6.04. The van der Waals surface area contributed by atoms with Crippen LogP contribution in [0.3, 0.4) is 0 Å². The molecule has 0 unspecified atom stereocenters. The Balaban J connectivity index is 1.53. The van der Waals surface area contributed by atoms with Gasteiger partial charge in [0.25, 0.3) is 0 Å². The van der Waals surface area contributed by atoms with Crippen molar-refractivity contribution >= 4 is 0 Å². The van der Waals surface area contributed by atoms with Crippen molar-refractivity contribution in [1.29, 1.82) is 5.26 Å². The molecule has 1 aliphatic rings.